The Bertz CT molecular complexity index is 1230. The molecule has 174 valence electrons. The molecule has 0 saturated carbocycles. The maximum atomic E-state index is 12.3. The molecule has 0 aliphatic heterocycles. The number of rotatable bonds is 9. The maximum Gasteiger partial charge on any atom is 0.355 e. The van der Waals surface area contributed by atoms with Crippen molar-refractivity contribution in [1.82, 2.24) is 15.4 Å². The van der Waals surface area contributed by atoms with E-state index in [4.69, 9.17) is 4.74 Å². The predicted molar refractivity (Wildman–Crippen MR) is 119 cm³/mol. The number of ether oxygens (including phenoxy) is 1. The van der Waals surface area contributed by atoms with Gasteiger partial charge in [0.05, 0.1) is 22.0 Å². The highest BCUT2D eigenvalue weighted by Crippen LogP contribution is 2.30. The van der Waals surface area contributed by atoms with Crippen molar-refractivity contribution in [2.75, 3.05) is 17.3 Å². The number of benzene rings is 2. The Balaban J connectivity index is 1.75. The third-order valence-electron chi connectivity index (χ3n) is 4.30. The van der Waals surface area contributed by atoms with Crippen molar-refractivity contribution in [3.05, 3.63) is 86.2 Å². The molecule has 0 fully saturated rings. The van der Waals surface area contributed by atoms with Gasteiger partial charge in [0, 0.05) is 23.4 Å². The summed E-state index contributed by atoms with van der Waals surface area (Å²) in [6, 6.07) is 10.8. The van der Waals surface area contributed by atoms with E-state index >= 15 is 0 Å². The van der Waals surface area contributed by atoms with Gasteiger partial charge in [0.25, 0.3) is 11.6 Å². The molecule has 0 spiro atoms. The van der Waals surface area contributed by atoms with Crippen LogP contribution in [-0.2, 0) is 4.74 Å². The van der Waals surface area contributed by atoms with Gasteiger partial charge in [0.1, 0.15) is 6.33 Å². The Kier molecular flexibility index (Phi) is 7.23. The summed E-state index contributed by atoms with van der Waals surface area (Å²) < 4.78 is 4.90. The molecule has 0 radical (unpaired) electrons. The summed E-state index contributed by atoms with van der Waals surface area (Å²) in [5.41, 5.74) is 4.65. The minimum atomic E-state index is -0.740. The first-order valence-electron chi connectivity index (χ1n) is 9.64. The predicted octanol–water partition coefficient (Wildman–Crippen LogP) is 2.97. The van der Waals surface area contributed by atoms with Crippen LogP contribution in [0.15, 0.2) is 54.9 Å². The third kappa shape index (κ3) is 5.56. The highest BCUT2D eigenvalue weighted by molar-refractivity contribution is 5.95. The zero-order chi connectivity index (χ0) is 24.7. The molecule has 0 atom stereocenters. The number of anilines is 3. The van der Waals surface area contributed by atoms with Gasteiger partial charge in [-0.3, -0.25) is 35.9 Å². The van der Waals surface area contributed by atoms with Crippen LogP contribution in [0.25, 0.3) is 0 Å². The number of nitro groups is 2. The molecule has 0 aliphatic rings. The van der Waals surface area contributed by atoms with E-state index in [9.17, 15) is 29.8 Å². The van der Waals surface area contributed by atoms with Crippen molar-refractivity contribution < 1.29 is 24.2 Å². The average Bonchev–Trinajstić information content (AvgIpc) is 2.83. The number of carbonyl (C=O) groups is 2. The van der Waals surface area contributed by atoms with Gasteiger partial charge in [-0.15, -0.1) is 0 Å². The molecule has 3 N–H and O–H groups in total. The van der Waals surface area contributed by atoms with Gasteiger partial charge in [0.15, 0.2) is 0 Å². The normalized spacial score (nSPS) is 10.1. The van der Waals surface area contributed by atoms with Crippen LogP contribution >= 0.6 is 0 Å². The summed E-state index contributed by atoms with van der Waals surface area (Å²) in [6.07, 6.45) is 1.04. The largest absolute Gasteiger partial charge is 0.462 e. The second kappa shape index (κ2) is 10.4. The van der Waals surface area contributed by atoms with Crippen molar-refractivity contribution in [3.63, 3.8) is 0 Å². The molecule has 14 nitrogen and oxygen atoms in total. The molecule has 0 bridgehead atoms. The van der Waals surface area contributed by atoms with Gasteiger partial charge < -0.3 is 10.1 Å². The topological polar surface area (TPSA) is 192 Å². The molecule has 1 aromatic heterocycles. The Morgan fingerprint density at radius 3 is 2.12 bits per heavy atom. The fraction of sp³-hybridized carbons (Fsp3) is 0.100. The van der Waals surface area contributed by atoms with E-state index in [1.807, 2.05) is 0 Å². The average molecular weight is 467 g/mol. The SMILES string of the molecule is CCOC(=O)c1ccc(Nc2ncnc(NNC(=O)c3ccc([N+](=O)[O-])cc3)c2[N+](=O)[O-])cc1. The zero-order valence-electron chi connectivity index (χ0n) is 17.5. The van der Waals surface area contributed by atoms with Crippen molar-refractivity contribution >= 4 is 40.6 Å². The van der Waals surface area contributed by atoms with Crippen LogP contribution in [0.4, 0.5) is 28.7 Å². The van der Waals surface area contributed by atoms with E-state index in [1.165, 1.54) is 36.4 Å². The van der Waals surface area contributed by atoms with Gasteiger partial charge in [0.2, 0.25) is 11.6 Å². The minimum Gasteiger partial charge on any atom is -0.462 e. The number of aromatic nitrogens is 2. The molecular formula is C20H17N7O7. The lowest BCUT2D eigenvalue weighted by Gasteiger charge is -2.11. The molecular weight excluding hydrogens is 450 g/mol. The Morgan fingerprint density at radius 1 is 0.912 bits per heavy atom. The second-order valence-corrected chi connectivity index (χ2v) is 6.48. The number of nitrogens with zero attached hydrogens (tertiary/aromatic N) is 4. The lowest BCUT2D eigenvalue weighted by molar-refractivity contribution is -0.384. The first-order valence-corrected chi connectivity index (χ1v) is 9.64. The van der Waals surface area contributed by atoms with Crippen LogP contribution in [0.5, 0.6) is 0 Å². The standard InChI is InChI=1S/C20H17N7O7/c1-2-34-20(29)13-3-7-14(8-4-13)23-17-16(27(32)33)18(22-11-21-17)24-25-19(28)12-5-9-15(10-6-12)26(30)31/h3-11H,2H2,1H3,(H,25,28)(H2,21,22,23,24). The number of carbonyl (C=O) groups excluding carboxylic acids is 2. The number of esters is 1. The van der Waals surface area contributed by atoms with Gasteiger partial charge in [-0.05, 0) is 43.3 Å². The second-order valence-electron chi connectivity index (χ2n) is 6.48. The number of hydrogen-bond donors (Lipinski definition) is 3. The lowest BCUT2D eigenvalue weighted by atomic mass is 10.2. The Morgan fingerprint density at radius 2 is 1.53 bits per heavy atom. The van der Waals surface area contributed by atoms with Crippen molar-refractivity contribution in [1.29, 1.82) is 0 Å². The van der Waals surface area contributed by atoms with E-state index in [2.05, 4.69) is 26.1 Å². The van der Waals surface area contributed by atoms with E-state index < -0.39 is 27.4 Å². The highest BCUT2D eigenvalue weighted by Gasteiger charge is 2.24. The summed E-state index contributed by atoms with van der Waals surface area (Å²) in [5, 5.41) is 25.2. The molecule has 34 heavy (non-hydrogen) atoms. The van der Waals surface area contributed by atoms with Crippen LogP contribution in [-0.4, -0.2) is 38.3 Å². The number of nitrogens with one attached hydrogen (secondary N) is 3. The van der Waals surface area contributed by atoms with E-state index in [0.717, 1.165) is 18.5 Å². The molecule has 1 amide bonds. The fourth-order valence-corrected chi connectivity index (χ4v) is 2.70. The summed E-state index contributed by atoms with van der Waals surface area (Å²) >= 11 is 0. The van der Waals surface area contributed by atoms with E-state index in [1.54, 1.807) is 6.92 Å². The molecule has 0 unspecified atom stereocenters. The lowest BCUT2D eigenvalue weighted by Crippen LogP contribution is -2.30. The molecule has 0 aliphatic carbocycles. The monoisotopic (exact) mass is 467 g/mol. The molecule has 2 aromatic carbocycles. The third-order valence-corrected chi connectivity index (χ3v) is 4.30. The quantitative estimate of drug-likeness (QED) is 0.238. The minimum absolute atomic E-state index is 0.0786. The van der Waals surface area contributed by atoms with Crippen LogP contribution in [0.2, 0.25) is 0 Å². The number of amides is 1. The summed E-state index contributed by atoms with van der Waals surface area (Å²) in [5.74, 6) is -1.68. The van der Waals surface area contributed by atoms with Gasteiger partial charge >= 0.3 is 11.7 Å². The van der Waals surface area contributed by atoms with Crippen molar-refractivity contribution in [2.24, 2.45) is 0 Å². The molecule has 0 saturated heterocycles. The molecule has 1 heterocycles. The first-order chi connectivity index (χ1) is 16.3. The number of non-ortho nitro benzene ring substituents is 1. The maximum absolute atomic E-state index is 12.3. The van der Waals surface area contributed by atoms with Crippen molar-refractivity contribution in [2.45, 2.75) is 6.92 Å². The molecule has 3 aromatic rings. The highest BCUT2D eigenvalue weighted by atomic mass is 16.6. The first kappa shape index (κ1) is 23.5. The van der Waals surface area contributed by atoms with Gasteiger partial charge in [-0.1, -0.05) is 0 Å². The van der Waals surface area contributed by atoms with Gasteiger partial charge in [-0.25, -0.2) is 14.8 Å². The number of nitro benzene ring substituents is 1. The number of hydrogen-bond acceptors (Lipinski definition) is 11. The van der Waals surface area contributed by atoms with Crippen LogP contribution in [0.1, 0.15) is 27.6 Å². The van der Waals surface area contributed by atoms with Gasteiger partial charge in [-0.2, -0.15) is 0 Å². The Hall–Kier alpha value is -5.14. The smallest absolute Gasteiger partial charge is 0.355 e. The fourth-order valence-electron chi connectivity index (χ4n) is 2.70. The van der Waals surface area contributed by atoms with Crippen LogP contribution in [0, 0.1) is 20.2 Å². The molecule has 14 heteroatoms. The van der Waals surface area contributed by atoms with Crippen LogP contribution < -0.4 is 16.2 Å². The molecule has 3 rings (SSSR count). The van der Waals surface area contributed by atoms with E-state index in [0.29, 0.717) is 11.3 Å². The summed E-state index contributed by atoms with van der Waals surface area (Å²) in [6.45, 7) is 1.91. The number of hydrazine groups is 1. The summed E-state index contributed by atoms with van der Waals surface area (Å²) in [7, 11) is 0. The zero-order valence-corrected chi connectivity index (χ0v) is 17.5. The van der Waals surface area contributed by atoms with Crippen LogP contribution in [0.3, 0.4) is 0 Å². The van der Waals surface area contributed by atoms with E-state index in [-0.39, 0.29) is 29.5 Å². The van der Waals surface area contributed by atoms with Crippen molar-refractivity contribution in [3.8, 4) is 0 Å². The Labute approximate surface area is 191 Å². The summed E-state index contributed by atoms with van der Waals surface area (Å²) in [4.78, 5) is 52.8.